The van der Waals surface area contributed by atoms with Crippen molar-refractivity contribution in [2.45, 2.75) is 0 Å². The number of rotatable bonds is 2. The maximum atomic E-state index is 12.1. The van der Waals surface area contributed by atoms with Crippen molar-refractivity contribution < 1.29 is 14.3 Å². The second kappa shape index (κ2) is 5.29. The molecule has 3 heteroatoms. The van der Waals surface area contributed by atoms with E-state index < -0.39 is 0 Å². The van der Waals surface area contributed by atoms with Gasteiger partial charge in [-0.15, -0.1) is 0 Å². The van der Waals surface area contributed by atoms with Crippen molar-refractivity contribution in [3.05, 3.63) is 71.8 Å². The largest absolute Gasteiger partial charge is 0.497 e. The molecule has 112 valence electrons. The summed E-state index contributed by atoms with van der Waals surface area (Å²) in [5.74, 6) is 1.15. The maximum absolute atomic E-state index is 12.1. The summed E-state index contributed by atoms with van der Waals surface area (Å²) < 4.78 is 10.5. The van der Waals surface area contributed by atoms with Crippen molar-refractivity contribution in [1.82, 2.24) is 0 Å². The minimum atomic E-state index is -0.305. The third-order valence-corrected chi connectivity index (χ3v) is 3.98. The minimum Gasteiger partial charge on any atom is -0.497 e. The molecule has 0 N–H and O–H groups in total. The van der Waals surface area contributed by atoms with Crippen molar-refractivity contribution in [2.75, 3.05) is 7.11 Å². The normalized spacial score (nSPS) is 14.8. The molecular weight excluding hydrogens is 288 g/mol. The molecule has 0 saturated carbocycles. The highest BCUT2D eigenvalue weighted by molar-refractivity contribution is 6.26. The van der Waals surface area contributed by atoms with Gasteiger partial charge in [0.25, 0.3) is 0 Å². The zero-order chi connectivity index (χ0) is 15.8. The highest BCUT2D eigenvalue weighted by Gasteiger charge is 2.26. The molecular formula is C20H14O3. The van der Waals surface area contributed by atoms with Gasteiger partial charge in [0.15, 0.2) is 0 Å². The summed E-state index contributed by atoms with van der Waals surface area (Å²) in [6, 6.07) is 19.5. The Morgan fingerprint density at radius 1 is 0.957 bits per heavy atom. The Kier molecular flexibility index (Phi) is 3.12. The summed E-state index contributed by atoms with van der Waals surface area (Å²) in [5, 5.41) is 2.20. The molecule has 0 aromatic heterocycles. The number of hydrogen-bond acceptors (Lipinski definition) is 3. The van der Waals surface area contributed by atoms with Gasteiger partial charge in [-0.2, -0.15) is 0 Å². The van der Waals surface area contributed by atoms with Crippen LogP contribution in [0.4, 0.5) is 0 Å². The molecule has 3 aromatic carbocycles. The molecule has 0 atom stereocenters. The lowest BCUT2D eigenvalue weighted by Crippen LogP contribution is -2.00. The summed E-state index contributed by atoms with van der Waals surface area (Å²) in [6.07, 6.45) is 1.87. The average molecular weight is 302 g/mol. The first-order valence-corrected chi connectivity index (χ1v) is 7.36. The third kappa shape index (κ3) is 2.36. The van der Waals surface area contributed by atoms with Crippen LogP contribution in [0.3, 0.4) is 0 Å². The topological polar surface area (TPSA) is 35.5 Å². The lowest BCUT2D eigenvalue weighted by Gasteiger charge is -2.04. The van der Waals surface area contributed by atoms with Crippen LogP contribution in [-0.4, -0.2) is 13.1 Å². The zero-order valence-electron chi connectivity index (χ0n) is 12.6. The Morgan fingerprint density at radius 2 is 1.74 bits per heavy atom. The molecule has 0 aliphatic carbocycles. The fourth-order valence-electron chi connectivity index (χ4n) is 2.81. The van der Waals surface area contributed by atoms with Gasteiger partial charge in [-0.25, -0.2) is 4.79 Å². The van der Waals surface area contributed by atoms with E-state index in [0.29, 0.717) is 11.3 Å². The minimum absolute atomic E-state index is 0.305. The molecule has 4 rings (SSSR count). The second-order valence-corrected chi connectivity index (χ2v) is 5.42. The number of hydrogen-bond donors (Lipinski definition) is 0. The first-order chi connectivity index (χ1) is 11.2. The number of fused-ring (bicyclic) bond motifs is 2. The van der Waals surface area contributed by atoms with Gasteiger partial charge >= 0.3 is 5.97 Å². The SMILES string of the molecule is COc1ccc2cc(C=C3C(=O)Oc4ccccc43)ccc2c1. The van der Waals surface area contributed by atoms with Gasteiger partial charge in [0.1, 0.15) is 11.5 Å². The molecule has 0 fully saturated rings. The molecule has 3 aromatic rings. The van der Waals surface area contributed by atoms with E-state index in [0.717, 1.165) is 27.6 Å². The Balaban J connectivity index is 1.79. The Labute approximate surface area is 133 Å². The molecule has 1 aliphatic rings. The Morgan fingerprint density at radius 3 is 2.61 bits per heavy atom. The van der Waals surface area contributed by atoms with E-state index in [9.17, 15) is 4.79 Å². The molecule has 1 heterocycles. The van der Waals surface area contributed by atoms with Crippen LogP contribution in [0.5, 0.6) is 11.5 Å². The summed E-state index contributed by atoms with van der Waals surface area (Å²) in [5.41, 5.74) is 2.40. The molecule has 0 amide bonds. The van der Waals surface area contributed by atoms with E-state index in [4.69, 9.17) is 9.47 Å². The van der Waals surface area contributed by atoms with Crippen LogP contribution in [-0.2, 0) is 4.79 Å². The van der Waals surface area contributed by atoms with Gasteiger partial charge in [-0.3, -0.25) is 0 Å². The number of esters is 1. The van der Waals surface area contributed by atoms with Gasteiger partial charge < -0.3 is 9.47 Å². The first kappa shape index (κ1) is 13.6. The number of ether oxygens (including phenoxy) is 2. The summed E-state index contributed by atoms with van der Waals surface area (Å²) >= 11 is 0. The summed E-state index contributed by atoms with van der Waals surface area (Å²) in [7, 11) is 1.66. The van der Waals surface area contributed by atoms with Crippen molar-refractivity contribution in [3.63, 3.8) is 0 Å². The van der Waals surface area contributed by atoms with Crippen LogP contribution in [0.2, 0.25) is 0 Å². The van der Waals surface area contributed by atoms with Crippen LogP contribution in [0.25, 0.3) is 22.4 Å². The average Bonchev–Trinajstić information content (AvgIpc) is 2.90. The van der Waals surface area contributed by atoms with Crippen LogP contribution in [0, 0.1) is 0 Å². The first-order valence-electron chi connectivity index (χ1n) is 7.36. The monoisotopic (exact) mass is 302 g/mol. The van der Waals surface area contributed by atoms with Gasteiger partial charge in [0, 0.05) is 5.56 Å². The van der Waals surface area contributed by atoms with Crippen molar-refractivity contribution in [1.29, 1.82) is 0 Å². The van der Waals surface area contributed by atoms with Crippen LogP contribution >= 0.6 is 0 Å². The summed E-state index contributed by atoms with van der Waals surface area (Å²) in [4.78, 5) is 12.1. The molecule has 0 unspecified atom stereocenters. The van der Waals surface area contributed by atoms with Crippen molar-refractivity contribution in [2.24, 2.45) is 0 Å². The van der Waals surface area contributed by atoms with E-state index in [1.54, 1.807) is 13.2 Å². The highest BCUT2D eigenvalue weighted by atomic mass is 16.5. The Hall–Kier alpha value is -3.07. The lowest BCUT2D eigenvalue weighted by atomic mass is 10.0. The second-order valence-electron chi connectivity index (χ2n) is 5.42. The van der Waals surface area contributed by atoms with Gasteiger partial charge in [0.2, 0.25) is 0 Å². The molecule has 0 spiro atoms. The van der Waals surface area contributed by atoms with Crippen molar-refractivity contribution in [3.8, 4) is 11.5 Å². The van der Waals surface area contributed by atoms with Gasteiger partial charge in [-0.1, -0.05) is 36.4 Å². The smallest absolute Gasteiger partial charge is 0.344 e. The highest BCUT2D eigenvalue weighted by Crippen LogP contribution is 2.35. The van der Waals surface area contributed by atoms with Gasteiger partial charge in [0.05, 0.1) is 12.7 Å². The van der Waals surface area contributed by atoms with Crippen LogP contribution in [0.1, 0.15) is 11.1 Å². The predicted molar refractivity (Wildman–Crippen MR) is 90.4 cm³/mol. The van der Waals surface area contributed by atoms with Crippen LogP contribution in [0.15, 0.2) is 60.7 Å². The van der Waals surface area contributed by atoms with Crippen molar-refractivity contribution >= 4 is 28.4 Å². The molecule has 1 aliphatic heterocycles. The number of carbonyl (C=O) groups excluding carboxylic acids is 1. The fraction of sp³-hybridized carbons (Fsp3) is 0.0500. The molecule has 0 saturated heterocycles. The van der Waals surface area contributed by atoms with E-state index in [2.05, 4.69) is 6.07 Å². The van der Waals surface area contributed by atoms with E-state index >= 15 is 0 Å². The lowest BCUT2D eigenvalue weighted by molar-refractivity contribution is -0.126. The zero-order valence-corrected chi connectivity index (χ0v) is 12.6. The molecule has 0 radical (unpaired) electrons. The number of carbonyl (C=O) groups is 1. The number of para-hydroxylation sites is 1. The molecule has 23 heavy (non-hydrogen) atoms. The number of benzene rings is 3. The van der Waals surface area contributed by atoms with Gasteiger partial charge in [-0.05, 0) is 46.7 Å². The van der Waals surface area contributed by atoms with E-state index in [1.165, 1.54) is 0 Å². The standard InChI is InChI=1S/C20H14O3/c1-22-16-9-8-14-10-13(6-7-15(14)12-16)11-18-17-4-2-3-5-19(17)23-20(18)21/h2-12H,1H3. The summed E-state index contributed by atoms with van der Waals surface area (Å²) in [6.45, 7) is 0. The quantitative estimate of drug-likeness (QED) is 0.402. The molecule has 0 bridgehead atoms. The van der Waals surface area contributed by atoms with Crippen LogP contribution < -0.4 is 9.47 Å². The Bertz CT molecular complexity index is 954. The number of methoxy groups -OCH3 is 1. The maximum Gasteiger partial charge on any atom is 0.344 e. The fourth-order valence-corrected chi connectivity index (χ4v) is 2.81. The van der Waals surface area contributed by atoms with E-state index in [-0.39, 0.29) is 5.97 Å². The predicted octanol–water partition coefficient (Wildman–Crippen LogP) is 4.31. The third-order valence-electron chi connectivity index (χ3n) is 3.98. The van der Waals surface area contributed by atoms with E-state index in [1.807, 2.05) is 54.6 Å². The molecule has 3 nitrogen and oxygen atoms in total.